The first-order valence-electron chi connectivity index (χ1n) is 10.7. The molecule has 2 aromatic carbocycles. The van der Waals surface area contributed by atoms with Gasteiger partial charge < -0.3 is 25.7 Å². The molecule has 0 bridgehead atoms. The predicted octanol–water partition coefficient (Wildman–Crippen LogP) is 3.04. The average Bonchev–Trinajstić information content (AvgIpc) is 3.46. The maximum absolute atomic E-state index is 13.2. The largest absolute Gasteiger partial charge is 0.406 e. The second-order valence-corrected chi connectivity index (χ2v) is 9.42. The van der Waals surface area contributed by atoms with E-state index < -0.39 is 0 Å². The number of aromatic nitrogens is 2. The third-order valence-electron chi connectivity index (χ3n) is 5.47. The molecule has 1 aromatic heterocycles. The summed E-state index contributed by atoms with van der Waals surface area (Å²) in [7, 11) is 0. The van der Waals surface area contributed by atoms with Crippen molar-refractivity contribution in [2.45, 2.75) is 30.4 Å². The number of nitrogens with zero attached hydrogens (tertiary/aromatic N) is 5. The van der Waals surface area contributed by atoms with Gasteiger partial charge in [-0.15, -0.1) is 16.9 Å². The fourth-order valence-electron chi connectivity index (χ4n) is 3.68. The Balaban J connectivity index is 1.47. The van der Waals surface area contributed by atoms with Gasteiger partial charge in [-0.05, 0) is 42.3 Å². The summed E-state index contributed by atoms with van der Waals surface area (Å²) in [5, 5.41) is 17.2. The van der Waals surface area contributed by atoms with E-state index in [1.54, 1.807) is 17.0 Å². The Hall–Kier alpha value is -3.26. The predicted molar refractivity (Wildman–Crippen MR) is 131 cm³/mol. The van der Waals surface area contributed by atoms with Crippen LogP contribution in [0.2, 0.25) is 5.02 Å². The molecule has 1 aliphatic heterocycles. The number of hydrogen-bond donors (Lipinski definition) is 2. The molecule has 2 heterocycles. The lowest BCUT2D eigenvalue weighted by Gasteiger charge is -2.22. The summed E-state index contributed by atoms with van der Waals surface area (Å²) >= 11 is 7.80. The Kier molecular flexibility index (Phi) is 7.57. The standard InChI is InChI=1S/C23H24ClN7O2S/c24-19-6-5-18(30-8-7-17(26)12-30)9-20(19)34-14-22(32)31(13-21-28-29-23(27)33-21)11-16-3-1-15(10-25)2-4-16/h1-6,9,17H,7-8,11-14,26H2,(H2,27,29). The zero-order valence-electron chi connectivity index (χ0n) is 18.4. The van der Waals surface area contributed by atoms with E-state index in [1.807, 2.05) is 30.3 Å². The molecule has 3 aromatic rings. The van der Waals surface area contributed by atoms with Crippen LogP contribution >= 0.6 is 23.4 Å². The first-order valence-corrected chi connectivity index (χ1v) is 12.0. The normalized spacial score (nSPS) is 15.3. The van der Waals surface area contributed by atoms with Crippen LogP contribution < -0.4 is 16.4 Å². The van der Waals surface area contributed by atoms with Gasteiger partial charge in [-0.3, -0.25) is 4.79 Å². The van der Waals surface area contributed by atoms with E-state index in [4.69, 9.17) is 32.7 Å². The fourth-order valence-corrected chi connectivity index (χ4v) is 4.84. The number of nitrogens with two attached hydrogens (primary N) is 2. The van der Waals surface area contributed by atoms with Crippen LogP contribution in [0.5, 0.6) is 0 Å². The molecule has 1 unspecified atom stereocenters. The van der Waals surface area contributed by atoms with Gasteiger partial charge in [-0.25, -0.2) is 0 Å². The van der Waals surface area contributed by atoms with Gasteiger partial charge in [0.15, 0.2) is 0 Å². The van der Waals surface area contributed by atoms with Crippen molar-refractivity contribution in [1.82, 2.24) is 15.1 Å². The Labute approximate surface area is 206 Å². The molecular formula is C23H24ClN7O2S. The van der Waals surface area contributed by atoms with Crippen molar-refractivity contribution < 1.29 is 9.21 Å². The number of carbonyl (C=O) groups is 1. The summed E-state index contributed by atoms with van der Waals surface area (Å²) in [5.41, 5.74) is 14.0. The number of hydrogen-bond acceptors (Lipinski definition) is 9. The van der Waals surface area contributed by atoms with Crippen molar-refractivity contribution in [2.24, 2.45) is 5.73 Å². The topological polar surface area (TPSA) is 138 Å². The molecular weight excluding hydrogens is 474 g/mol. The molecule has 11 heteroatoms. The van der Waals surface area contributed by atoms with Gasteiger partial charge in [0.05, 0.1) is 29.0 Å². The fraction of sp³-hybridized carbons (Fsp3) is 0.304. The van der Waals surface area contributed by atoms with Crippen molar-refractivity contribution in [1.29, 1.82) is 5.26 Å². The Morgan fingerprint density at radius 3 is 2.71 bits per heavy atom. The number of halogens is 1. The highest BCUT2D eigenvalue weighted by atomic mass is 35.5. The third-order valence-corrected chi connectivity index (χ3v) is 6.96. The summed E-state index contributed by atoms with van der Waals surface area (Å²) in [6.45, 7) is 2.13. The number of anilines is 2. The van der Waals surface area contributed by atoms with E-state index in [9.17, 15) is 4.79 Å². The first-order chi connectivity index (χ1) is 16.4. The number of rotatable bonds is 8. The molecule has 9 nitrogen and oxygen atoms in total. The lowest BCUT2D eigenvalue weighted by atomic mass is 10.1. The lowest BCUT2D eigenvalue weighted by Crippen LogP contribution is -2.31. The number of nitrogen functional groups attached to an aromatic ring is 1. The summed E-state index contributed by atoms with van der Waals surface area (Å²) < 4.78 is 5.28. The van der Waals surface area contributed by atoms with Gasteiger partial charge in [-0.1, -0.05) is 28.8 Å². The molecule has 0 aliphatic carbocycles. The van der Waals surface area contributed by atoms with E-state index in [0.29, 0.717) is 17.1 Å². The van der Waals surface area contributed by atoms with Crippen LogP contribution in [0, 0.1) is 11.3 Å². The number of carbonyl (C=O) groups excluding carboxylic acids is 1. The number of nitriles is 1. The van der Waals surface area contributed by atoms with Crippen molar-refractivity contribution in [2.75, 3.05) is 29.5 Å². The quantitative estimate of drug-likeness (QED) is 0.449. The summed E-state index contributed by atoms with van der Waals surface area (Å²) in [6, 6.07) is 15.1. The van der Waals surface area contributed by atoms with Crippen LogP contribution in [-0.4, -0.2) is 45.9 Å². The summed E-state index contributed by atoms with van der Waals surface area (Å²) in [4.78, 5) is 17.9. The monoisotopic (exact) mass is 497 g/mol. The van der Waals surface area contributed by atoms with Gasteiger partial charge in [0.2, 0.25) is 11.8 Å². The van der Waals surface area contributed by atoms with Gasteiger partial charge >= 0.3 is 6.01 Å². The van der Waals surface area contributed by atoms with E-state index >= 15 is 0 Å². The smallest absolute Gasteiger partial charge is 0.312 e. The number of amides is 1. The van der Waals surface area contributed by atoms with Crippen LogP contribution in [0.25, 0.3) is 0 Å². The Morgan fingerprint density at radius 1 is 1.26 bits per heavy atom. The highest BCUT2D eigenvalue weighted by molar-refractivity contribution is 8.00. The molecule has 176 valence electrons. The zero-order valence-corrected chi connectivity index (χ0v) is 19.9. The van der Waals surface area contributed by atoms with Gasteiger partial charge in [0, 0.05) is 36.3 Å². The van der Waals surface area contributed by atoms with Crippen LogP contribution in [0.15, 0.2) is 51.8 Å². The maximum atomic E-state index is 13.2. The van der Waals surface area contributed by atoms with Crippen LogP contribution in [-0.2, 0) is 17.9 Å². The van der Waals surface area contributed by atoms with Crippen molar-refractivity contribution in [3.8, 4) is 6.07 Å². The lowest BCUT2D eigenvalue weighted by molar-refractivity contribution is -0.129. The zero-order chi connectivity index (χ0) is 24.1. The van der Waals surface area contributed by atoms with Crippen LogP contribution in [0.3, 0.4) is 0 Å². The molecule has 1 saturated heterocycles. The molecule has 1 amide bonds. The van der Waals surface area contributed by atoms with Crippen molar-refractivity contribution in [3.05, 3.63) is 64.5 Å². The van der Waals surface area contributed by atoms with Gasteiger partial charge in [-0.2, -0.15) is 5.26 Å². The summed E-state index contributed by atoms with van der Waals surface area (Å²) in [5.74, 6) is 0.286. The van der Waals surface area contributed by atoms with E-state index in [-0.39, 0.29) is 36.2 Å². The molecule has 0 spiro atoms. The van der Waals surface area contributed by atoms with E-state index in [2.05, 4.69) is 21.2 Å². The molecule has 4 N–H and O–H groups in total. The Morgan fingerprint density at radius 2 is 2.06 bits per heavy atom. The molecule has 1 aliphatic rings. The molecule has 0 saturated carbocycles. The van der Waals surface area contributed by atoms with Crippen LogP contribution in [0.4, 0.5) is 11.7 Å². The average molecular weight is 498 g/mol. The van der Waals surface area contributed by atoms with Crippen LogP contribution in [0.1, 0.15) is 23.4 Å². The molecule has 34 heavy (non-hydrogen) atoms. The van der Waals surface area contributed by atoms with Gasteiger partial charge in [0.1, 0.15) is 0 Å². The highest BCUT2D eigenvalue weighted by Crippen LogP contribution is 2.33. The summed E-state index contributed by atoms with van der Waals surface area (Å²) in [6.07, 6.45) is 0.952. The van der Waals surface area contributed by atoms with E-state index in [0.717, 1.165) is 35.7 Å². The van der Waals surface area contributed by atoms with Crippen molar-refractivity contribution in [3.63, 3.8) is 0 Å². The first kappa shape index (κ1) is 23.9. The number of thioether (sulfide) groups is 1. The van der Waals surface area contributed by atoms with E-state index in [1.165, 1.54) is 11.8 Å². The second kappa shape index (κ2) is 10.8. The minimum Gasteiger partial charge on any atom is -0.406 e. The molecule has 0 radical (unpaired) electrons. The minimum absolute atomic E-state index is 0.0552. The van der Waals surface area contributed by atoms with Crippen molar-refractivity contribution >= 4 is 41.0 Å². The maximum Gasteiger partial charge on any atom is 0.312 e. The SMILES string of the molecule is N#Cc1ccc(CN(Cc2nnc(N)o2)C(=O)CSc2cc(N3CCC(N)C3)ccc2Cl)cc1. The third kappa shape index (κ3) is 5.99. The number of benzene rings is 2. The molecule has 4 rings (SSSR count). The Bertz CT molecular complexity index is 1190. The molecule has 1 atom stereocenters. The second-order valence-electron chi connectivity index (χ2n) is 7.99. The molecule has 1 fully saturated rings. The highest BCUT2D eigenvalue weighted by Gasteiger charge is 2.21. The van der Waals surface area contributed by atoms with Gasteiger partial charge in [0.25, 0.3) is 0 Å². The minimum atomic E-state index is -0.129.